The van der Waals surface area contributed by atoms with Crippen LogP contribution in [0.4, 0.5) is 13.2 Å². The van der Waals surface area contributed by atoms with Crippen LogP contribution in [-0.4, -0.2) is 20.1 Å². The van der Waals surface area contributed by atoms with E-state index in [0.29, 0.717) is 11.0 Å². The largest absolute Gasteiger partial charge is 0.416 e. The third kappa shape index (κ3) is 3.24. The molecule has 0 radical (unpaired) electrons. The highest BCUT2D eigenvalue weighted by Crippen LogP contribution is 2.31. The van der Waals surface area contributed by atoms with Crippen molar-refractivity contribution < 1.29 is 18.0 Å². The number of nitrogens with zero attached hydrogens (tertiary/aromatic N) is 3. The Bertz CT molecular complexity index is 1300. The van der Waals surface area contributed by atoms with Gasteiger partial charge in [0.1, 0.15) is 5.52 Å². The summed E-state index contributed by atoms with van der Waals surface area (Å²) < 4.78 is 42.1. The SMILES string of the molecule is Cn1c(=O)c2cc(C(=O)NCc3ccccc3C(F)(F)F)nn2c2ccccc21. The quantitative estimate of drug-likeness (QED) is 0.575. The van der Waals surface area contributed by atoms with Crippen LogP contribution in [-0.2, 0) is 19.8 Å². The number of carbonyl (C=O) groups is 1. The number of rotatable bonds is 3. The number of aromatic nitrogens is 3. The minimum absolute atomic E-state index is 0.0528. The van der Waals surface area contributed by atoms with E-state index in [9.17, 15) is 22.8 Å². The molecule has 4 aromatic rings. The van der Waals surface area contributed by atoms with Crippen LogP contribution in [0.15, 0.2) is 59.4 Å². The Hall–Kier alpha value is -3.62. The molecule has 2 heterocycles. The molecule has 1 N–H and O–H groups in total. The molecule has 2 aromatic carbocycles. The summed E-state index contributed by atoms with van der Waals surface area (Å²) in [7, 11) is 1.62. The van der Waals surface area contributed by atoms with Gasteiger partial charge in [-0.1, -0.05) is 30.3 Å². The lowest BCUT2D eigenvalue weighted by molar-refractivity contribution is -0.138. The smallest absolute Gasteiger partial charge is 0.347 e. The number of carbonyl (C=O) groups excluding carboxylic acids is 1. The van der Waals surface area contributed by atoms with Crippen LogP contribution in [0.5, 0.6) is 0 Å². The molecule has 0 saturated carbocycles. The predicted octanol–water partition coefficient (Wildman–Crippen LogP) is 3.14. The summed E-state index contributed by atoms with van der Waals surface area (Å²) in [6, 6.07) is 13.4. The maximum absolute atomic E-state index is 13.1. The third-order valence-corrected chi connectivity index (χ3v) is 4.70. The van der Waals surface area contributed by atoms with Crippen molar-refractivity contribution in [3.05, 3.63) is 81.8 Å². The van der Waals surface area contributed by atoms with Gasteiger partial charge in [0.05, 0.1) is 16.6 Å². The topological polar surface area (TPSA) is 68.4 Å². The fourth-order valence-corrected chi connectivity index (χ4v) is 3.25. The van der Waals surface area contributed by atoms with Crippen LogP contribution in [0.3, 0.4) is 0 Å². The van der Waals surface area contributed by atoms with Gasteiger partial charge >= 0.3 is 6.18 Å². The van der Waals surface area contributed by atoms with Gasteiger partial charge in [0.25, 0.3) is 11.5 Å². The first-order valence-electron chi connectivity index (χ1n) is 8.68. The first kappa shape index (κ1) is 18.7. The molecular formula is C20H15F3N4O2. The summed E-state index contributed by atoms with van der Waals surface area (Å²) in [6.07, 6.45) is -4.52. The van der Waals surface area contributed by atoms with Crippen LogP contribution in [0.2, 0.25) is 0 Å². The van der Waals surface area contributed by atoms with Gasteiger partial charge in [-0.25, -0.2) is 4.52 Å². The predicted molar refractivity (Wildman–Crippen MR) is 101 cm³/mol. The van der Waals surface area contributed by atoms with E-state index in [1.165, 1.54) is 33.3 Å². The van der Waals surface area contributed by atoms with E-state index in [4.69, 9.17) is 0 Å². The van der Waals surface area contributed by atoms with Gasteiger partial charge in [0.15, 0.2) is 5.69 Å². The Morgan fingerprint density at radius 1 is 1.03 bits per heavy atom. The number of nitrogens with one attached hydrogen (secondary N) is 1. The van der Waals surface area contributed by atoms with Crippen LogP contribution >= 0.6 is 0 Å². The van der Waals surface area contributed by atoms with E-state index in [-0.39, 0.29) is 28.9 Å². The lowest BCUT2D eigenvalue weighted by Gasteiger charge is -2.12. The van der Waals surface area contributed by atoms with Crippen molar-refractivity contribution >= 4 is 22.5 Å². The molecule has 29 heavy (non-hydrogen) atoms. The van der Waals surface area contributed by atoms with Crippen molar-refractivity contribution in [3.8, 4) is 0 Å². The number of benzene rings is 2. The average molecular weight is 400 g/mol. The number of para-hydroxylation sites is 2. The van der Waals surface area contributed by atoms with E-state index in [2.05, 4.69) is 10.4 Å². The van der Waals surface area contributed by atoms with Gasteiger partial charge in [-0.05, 0) is 23.8 Å². The maximum Gasteiger partial charge on any atom is 0.416 e. The van der Waals surface area contributed by atoms with E-state index < -0.39 is 17.6 Å². The molecule has 0 atom stereocenters. The van der Waals surface area contributed by atoms with Crippen molar-refractivity contribution in [1.29, 1.82) is 0 Å². The van der Waals surface area contributed by atoms with Gasteiger partial charge in [0, 0.05) is 19.7 Å². The molecule has 2 aromatic heterocycles. The molecule has 0 aliphatic rings. The van der Waals surface area contributed by atoms with Gasteiger partial charge < -0.3 is 9.88 Å². The van der Waals surface area contributed by atoms with Crippen LogP contribution in [0, 0.1) is 0 Å². The highest BCUT2D eigenvalue weighted by atomic mass is 19.4. The molecule has 0 aliphatic carbocycles. The average Bonchev–Trinajstić information content (AvgIpc) is 3.16. The van der Waals surface area contributed by atoms with Crippen molar-refractivity contribution in [3.63, 3.8) is 0 Å². The number of fused-ring (bicyclic) bond motifs is 3. The summed E-state index contributed by atoms with van der Waals surface area (Å²) in [5.41, 5.74) is 0.214. The Morgan fingerprint density at radius 2 is 1.69 bits per heavy atom. The molecule has 0 fully saturated rings. The number of alkyl halides is 3. The van der Waals surface area contributed by atoms with Gasteiger partial charge in [0.2, 0.25) is 0 Å². The third-order valence-electron chi connectivity index (χ3n) is 4.70. The first-order valence-corrected chi connectivity index (χ1v) is 8.68. The van der Waals surface area contributed by atoms with Crippen LogP contribution in [0.25, 0.3) is 16.6 Å². The van der Waals surface area contributed by atoms with E-state index in [1.54, 1.807) is 31.3 Å². The second-order valence-electron chi connectivity index (χ2n) is 6.52. The van der Waals surface area contributed by atoms with Crippen LogP contribution < -0.4 is 10.9 Å². The zero-order chi connectivity index (χ0) is 20.8. The molecule has 4 rings (SSSR count). The number of hydrogen-bond donors (Lipinski definition) is 1. The van der Waals surface area contributed by atoms with Gasteiger partial charge in [-0.15, -0.1) is 0 Å². The molecule has 9 heteroatoms. The fraction of sp³-hybridized carbons (Fsp3) is 0.150. The summed E-state index contributed by atoms with van der Waals surface area (Å²) >= 11 is 0. The second-order valence-corrected chi connectivity index (χ2v) is 6.52. The first-order chi connectivity index (χ1) is 13.8. The highest BCUT2D eigenvalue weighted by Gasteiger charge is 2.32. The van der Waals surface area contributed by atoms with E-state index in [1.807, 2.05) is 0 Å². The number of amides is 1. The van der Waals surface area contributed by atoms with Gasteiger partial charge in [-0.2, -0.15) is 18.3 Å². The molecule has 0 spiro atoms. The van der Waals surface area contributed by atoms with Crippen LogP contribution in [0.1, 0.15) is 21.6 Å². The van der Waals surface area contributed by atoms with Gasteiger partial charge in [-0.3, -0.25) is 9.59 Å². The number of hydrogen-bond acceptors (Lipinski definition) is 3. The van der Waals surface area contributed by atoms with Crippen molar-refractivity contribution in [1.82, 2.24) is 19.5 Å². The Labute approximate surface area is 162 Å². The lowest BCUT2D eigenvalue weighted by Crippen LogP contribution is -2.25. The van der Waals surface area contributed by atoms with E-state index in [0.717, 1.165) is 6.07 Å². The molecule has 148 valence electrons. The standard InChI is InChI=1S/C20H15F3N4O2/c1-26-15-8-4-5-9-16(15)27-17(19(26)29)10-14(25-27)18(28)24-11-12-6-2-3-7-13(12)20(21,22)23/h2-10H,11H2,1H3,(H,24,28). The zero-order valence-corrected chi connectivity index (χ0v) is 15.2. The maximum atomic E-state index is 13.1. The molecule has 0 aliphatic heterocycles. The summed E-state index contributed by atoms with van der Waals surface area (Å²) in [6.45, 7) is -0.318. The van der Waals surface area contributed by atoms with Crippen molar-refractivity contribution in [2.75, 3.05) is 0 Å². The molecule has 6 nitrogen and oxygen atoms in total. The molecule has 0 saturated heterocycles. The minimum atomic E-state index is -4.52. The monoisotopic (exact) mass is 400 g/mol. The van der Waals surface area contributed by atoms with E-state index >= 15 is 0 Å². The molecule has 0 bridgehead atoms. The summed E-state index contributed by atoms with van der Waals surface area (Å²) in [5, 5.41) is 6.64. The molecule has 0 unspecified atom stereocenters. The highest BCUT2D eigenvalue weighted by molar-refractivity contribution is 5.94. The normalized spacial score (nSPS) is 11.9. The lowest BCUT2D eigenvalue weighted by atomic mass is 10.1. The Balaban J connectivity index is 1.68. The summed E-state index contributed by atoms with van der Waals surface area (Å²) in [5.74, 6) is -0.670. The number of halogens is 3. The van der Waals surface area contributed by atoms with Crippen molar-refractivity contribution in [2.24, 2.45) is 7.05 Å². The second kappa shape index (κ2) is 6.77. The van der Waals surface area contributed by atoms with Crippen molar-refractivity contribution in [2.45, 2.75) is 12.7 Å². The minimum Gasteiger partial charge on any atom is -0.347 e. The Kier molecular flexibility index (Phi) is 4.37. The Morgan fingerprint density at radius 3 is 2.41 bits per heavy atom. The molecular weight excluding hydrogens is 385 g/mol. The molecule has 1 amide bonds. The fourth-order valence-electron chi connectivity index (χ4n) is 3.25. The zero-order valence-electron chi connectivity index (χ0n) is 15.2. The summed E-state index contributed by atoms with van der Waals surface area (Å²) in [4.78, 5) is 25.1. The number of aryl methyl sites for hydroxylation is 1.